The fourth-order valence-corrected chi connectivity index (χ4v) is 8.54. The molecule has 0 radical (unpaired) electrons. The van der Waals surface area contributed by atoms with Crippen molar-refractivity contribution < 1.29 is 9.90 Å². The maximum atomic E-state index is 11.4. The quantitative estimate of drug-likeness (QED) is 0.585. The number of carboxylic acids is 1. The third kappa shape index (κ3) is 0.318. The zero-order valence-corrected chi connectivity index (χ0v) is 9.06. The summed E-state index contributed by atoms with van der Waals surface area (Å²) in [5.74, 6) is 4.06. The maximum Gasteiger partial charge on any atom is 0.311 e. The molecule has 1 N–H and O–H groups in total. The Bertz CT molecular complexity index is 364. The van der Waals surface area contributed by atoms with Gasteiger partial charge in [0.2, 0.25) is 0 Å². The van der Waals surface area contributed by atoms with Crippen molar-refractivity contribution >= 4 is 28.6 Å². The summed E-state index contributed by atoms with van der Waals surface area (Å²) in [5, 5.41) is 9.41. The molecule has 0 aromatic carbocycles. The number of hydrogen-bond acceptors (Lipinski definition) is 1. The van der Waals surface area contributed by atoms with E-state index in [2.05, 4.69) is 22.6 Å². The summed E-state index contributed by atoms with van der Waals surface area (Å²) in [6.45, 7) is 0. The van der Waals surface area contributed by atoms with Gasteiger partial charge in [-0.25, -0.2) is 0 Å². The summed E-state index contributed by atoms with van der Waals surface area (Å²) in [6.07, 6.45) is 1.38. The SMILES string of the molecule is O=C(O)C12[C@H]3[C@@H]4C[C@@H]([C@@H]5[C@@H]4C51I)[C@@H]32. The van der Waals surface area contributed by atoms with Crippen molar-refractivity contribution in [1.29, 1.82) is 0 Å². The second-order valence-corrected chi connectivity index (χ2v) is 7.39. The fourth-order valence-electron chi connectivity index (χ4n) is 6.07. The highest BCUT2D eigenvalue weighted by molar-refractivity contribution is 14.1. The minimum Gasteiger partial charge on any atom is -0.481 e. The van der Waals surface area contributed by atoms with Gasteiger partial charge in [-0.1, -0.05) is 22.6 Å². The molecule has 6 saturated carbocycles. The normalized spacial score (nSPS) is 83.2. The summed E-state index contributed by atoms with van der Waals surface area (Å²) in [6, 6.07) is 0. The van der Waals surface area contributed by atoms with E-state index in [1.54, 1.807) is 0 Å². The van der Waals surface area contributed by atoms with Gasteiger partial charge >= 0.3 is 5.97 Å². The van der Waals surface area contributed by atoms with Crippen LogP contribution in [0.3, 0.4) is 0 Å². The fraction of sp³-hybridized carbons (Fsp3) is 0.900. The lowest BCUT2D eigenvalue weighted by Gasteiger charge is -2.13. The summed E-state index contributed by atoms with van der Waals surface area (Å²) < 4.78 is 0.236. The first-order valence-electron chi connectivity index (χ1n) is 5.09. The van der Waals surface area contributed by atoms with Crippen molar-refractivity contribution in [2.45, 2.75) is 9.84 Å². The molecule has 13 heavy (non-hydrogen) atoms. The third-order valence-electron chi connectivity index (χ3n) is 5.95. The Morgan fingerprint density at radius 1 is 1.23 bits per heavy atom. The number of carbonyl (C=O) groups is 1. The van der Waals surface area contributed by atoms with E-state index in [-0.39, 0.29) is 8.84 Å². The van der Waals surface area contributed by atoms with Gasteiger partial charge in [0.1, 0.15) is 0 Å². The van der Waals surface area contributed by atoms with E-state index in [4.69, 9.17) is 0 Å². The zero-order chi connectivity index (χ0) is 8.75. The van der Waals surface area contributed by atoms with Crippen molar-refractivity contribution in [2.75, 3.05) is 0 Å². The highest BCUT2D eigenvalue weighted by atomic mass is 127. The zero-order valence-electron chi connectivity index (χ0n) is 6.90. The van der Waals surface area contributed by atoms with E-state index < -0.39 is 5.97 Å². The van der Waals surface area contributed by atoms with Gasteiger partial charge in [-0.15, -0.1) is 0 Å². The van der Waals surface area contributed by atoms with Gasteiger partial charge in [-0.2, -0.15) is 0 Å². The highest BCUT2D eigenvalue weighted by Crippen LogP contribution is 3.03. The Hall–Kier alpha value is 0.200. The minimum atomic E-state index is -0.464. The number of alkyl halides is 1. The van der Waals surface area contributed by atoms with Crippen LogP contribution in [0.1, 0.15) is 6.42 Å². The molecule has 0 aromatic heterocycles. The van der Waals surface area contributed by atoms with Gasteiger partial charge in [0.25, 0.3) is 0 Å². The van der Waals surface area contributed by atoms with Crippen molar-refractivity contribution in [2.24, 2.45) is 40.9 Å². The molecule has 3 heteroatoms. The minimum absolute atomic E-state index is 0.212. The molecule has 0 saturated heterocycles. The van der Waals surface area contributed by atoms with Crippen LogP contribution in [0, 0.1) is 40.9 Å². The molecule has 0 amide bonds. The van der Waals surface area contributed by atoms with Crippen molar-refractivity contribution in [3.05, 3.63) is 0 Å². The van der Waals surface area contributed by atoms with Gasteiger partial charge in [0.05, 0.1) is 5.41 Å². The maximum absolute atomic E-state index is 11.4. The second-order valence-electron chi connectivity index (χ2n) is 5.61. The topological polar surface area (TPSA) is 37.3 Å². The molecule has 68 valence electrons. The predicted molar refractivity (Wildman–Crippen MR) is 52.4 cm³/mol. The lowest BCUT2D eigenvalue weighted by molar-refractivity contribution is -0.144. The number of halogens is 1. The van der Waals surface area contributed by atoms with Crippen molar-refractivity contribution in [1.82, 2.24) is 0 Å². The molecule has 2 nitrogen and oxygen atoms in total. The molecule has 0 spiro atoms. The van der Waals surface area contributed by atoms with Gasteiger partial charge in [0.15, 0.2) is 0 Å². The number of aliphatic carboxylic acids is 1. The first-order valence-corrected chi connectivity index (χ1v) is 6.17. The number of rotatable bonds is 1. The molecule has 2 unspecified atom stereocenters. The van der Waals surface area contributed by atoms with Crippen molar-refractivity contribution in [3.63, 3.8) is 0 Å². The second kappa shape index (κ2) is 1.31. The largest absolute Gasteiger partial charge is 0.481 e. The molecular formula is C10H9IO2. The first-order chi connectivity index (χ1) is 6.16. The summed E-state index contributed by atoms with van der Waals surface area (Å²) >= 11 is 2.51. The molecule has 6 aliphatic rings. The summed E-state index contributed by atoms with van der Waals surface area (Å²) in [4.78, 5) is 11.4. The van der Waals surface area contributed by atoms with Crippen LogP contribution in [0.5, 0.6) is 0 Å². The van der Waals surface area contributed by atoms with E-state index in [0.717, 1.165) is 23.7 Å². The van der Waals surface area contributed by atoms with Gasteiger partial charge in [0, 0.05) is 3.42 Å². The molecule has 0 aliphatic heterocycles. The Kier molecular flexibility index (Phi) is 0.668. The van der Waals surface area contributed by atoms with Crippen LogP contribution in [-0.4, -0.2) is 14.5 Å². The molecule has 2 bridgehead atoms. The molecule has 0 heterocycles. The number of hydrogen-bond donors (Lipinski definition) is 1. The monoisotopic (exact) mass is 288 g/mol. The summed E-state index contributed by atoms with van der Waals surface area (Å²) in [7, 11) is 0. The third-order valence-corrected chi connectivity index (χ3v) is 8.29. The average molecular weight is 288 g/mol. The lowest BCUT2D eigenvalue weighted by Crippen LogP contribution is -2.28. The van der Waals surface area contributed by atoms with Gasteiger partial charge in [-0.3, -0.25) is 4.79 Å². The standard InChI is InChI=1S/C10H9IO2/c11-10-6-2-1-3(7(6)10)5-4(2)9(5,10)8(12)13/h2-7H,1H2,(H,12,13)/t2-,3+,4-,5-,6+,7+,9?,10?/m0/s1. The highest BCUT2D eigenvalue weighted by Gasteiger charge is 3.06. The first kappa shape index (κ1) is 6.64. The predicted octanol–water partition coefficient (Wildman–Crippen LogP) is 1.39. The molecule has 8 atom stereocenters. The lowest BCUT2D eigenvalue weighted by atomic mass is 9.98. The summed E-state index contributed by atoms with van der Waals surface area (Å²) in [5.41, 5.74) is -0.212. The Morgan fingerprint density at radius 2 is 1.77 bits per heavy atom. The molecular weight excluding hydrogens is 279 g/mol. The average Bonchev–Trinajstić information content (AvgIpc) is 2.77. The molecule has 0 aromatic rings. The molecule has 6 aliphatic carbocycles. The Labute approximate surface area is 89.2 Å². The van der Waals surface area contributed by atoms with Crippen LogP contribution < -0.4 is 0 Å². The van der Waals surface area contributed by atoms with Crippen LogP contribution >= 0.6 is 22.6 Å². The van der Waals surface area contributed by atoms with Crippen molar-refractivity contribution in [3.8, 4) is 0 Å². The van der Waals surface area contributed by atoms with Crippen LogP contribution in [0.25, 0.3) is 0 Å². The van der Waals surface area contributed by atoms with Crippen LogP contribution in [-0.2, 0) is 4.79 Å². The molecule has 6 rings (SSSR count). The van der Waals surface area contributed by atoms with E-state index in [9.17, 15) is 9.90 Å². The number of carboxylic acid groups (broad SMARTS) is 1. The van der Waals surface area contributed by atoms with Crippen LogP contribution in [0.15, 0.2) is 0 Å². The Morgan fingerprint density at radius 3 is 2.00 bits per heavy atom. The van der Waals surface area contributed by atoms with E-state index >= 15 is 0 Å². The Balaban J connectivity index is 1.87. The molecule has 6 fully saturated rings. The van der Waals surface area contributed by atoms with Crippen LogP contribution in [0.4, 0.5) is 0 Å². The van der Waals surface area contributed by atoms with Crippen LogP contribution in [0.2, 0.25) is 0 Å². The van der Waals surface area contributed by atoms with E-state index in [1.807, 2.05) is 0 Å². The van der Waals surface area contributed by atoms with Gasteiger partial charge < -0.3 is 5.11 Å². The van der Waals surface area contributed by atoms with E-state index in [0.29, 0.717) is 11.8 Å². The van der Waals surface area contributed by atoms with E-state index in [1.165, 1.54) is 6.42 Å². The smallest absolute Gasteiger partial charge is 0.311 e. The van der Waals surface area contributed by atoms with Gasteiger partial charge in [-0.05, 0) is 41.9 Å².